The van der Waals surface area contributed by atoms with Gasteiger partial charge in [-0.3, -0.25) is 0 Å². The highest BCUT2D eigenvalue weighted by atomic mass is 32.1. The van der Waals surface area contributed by atoms with E-state index in [4.69, 9.17) is 9.47 Å². The molecule has 7 heteroatoms. The third-order valence-corrected chi connectivity index (χ3v) is 7.58. The lowest BCUT2D eigenvalue weighted by Gasteiger charge is -2.26. The molecule has 5 rings (SSSR count). The van der Waals surface area contributed by atoms with Crippen molar-refractivity contribution in [3.05, 3.63) is 65.1 Å². The van der Waals surface area contributed by atoms with E-state index < -0.39 is 6.09 Å². The maximum absolute atomic E-state index is 11.8. The number of nitrogens with zero attached hydrogens (tertiary/aromatic N) is 2. The van der Waals surface area contributed by atoms with Crippen LogP contribution in [-0.4, -0.2) is 46.4 Å². The van der Waals surface area contributed by atoms with Gasteiger partial charge in [-0.1, -0.05) is 24.3 Å². The molecule has 33 heavy (non-hydrogen) atoms. The van der Waals surface area contributed by atoms with Gasteiger partial charge in [-0.25, -0.2) is 9.78 Å². The van der Waals surface area contributed by atoms with Crippen LogP contribution in [0.4, 0.5) is 4.79 Å². The fraction of sp³-hybridized carbons (Fsp3) is 0.385. The minimum atomic E-state index is -0.827. The Bertz CT molecular complexity index is 1090. The van der Waals surface area contributed by atoms with Gasteiger partial charge in [0.15, 0.2) is 0 Å². The van der Waals surface area contributed by atoms with E-state index in [9.17, 15) is 9.90 Å². The Morgan fingerprint density at radius 1 is 1.15 bits per heavy atom. The van der Waals surface area contributed by atoms with Crippen LogP contribution in [0.2, 0.25) is 0 Å². The molecule has 0 bridgehead atoms. The van der Waals surface area contributed by atoms with Crippen molar-refractivity contribution in [1.29, 1.82) is 0 Å². The van der Waals surface area contributed by atoms with Crippen molar-refractivity contribution in [3.63, 3.8) is 0 Å². The van der Waals surface area contributed by atoms with E-state index in [1.54, 1.807) is 22.4 Å². The third kappa shape index (κ3) is 4.69. The molecule has 3 aromatic rings. The van der Waals surface area contributed by atoms with Gasteiger partial charge in [-0.2, -0.15) is 0 Å². The highest BCUT2D eigenvalue weighted by Crippen LogP contribution is 2.45. The van der Waals surface area contributed by atoms with E-state index >= 15 is 0 Å². The highest BCUT2D eigenvalue weighted by molar-refractivity contribution is 7.09. The van der Waals surface area contributed by atoms with Crippen LogP contribution in [0.1, 0.15) is 24.8 Å². The average molecular weight is 465 g/mol. The number of aromatic nitrogens is 1. The van der Waals surface area contributed by atoms with Crippen LogP contribution < -0.4 is 9.47 Å². The van der Waals surface area contributed by atoms with Crippen LogP contribution in [0.25, 0.3) is 11.1 Å². The van der Waals surface area contributed by atoms with E-state index in [0.29, 0.717) is 31.4 Å². The lowest BCUT2D eigenvalue weighted by molar-refractivity contribution is 0.123. The van der Waals surface area contributed by atoms with Crippen molar-refractivity contribution < 1.29 is 19.4 Å². The van der Waals surface area contributed by atoms with Crippen molar-refractivity contribution >= 4 is 17.4 Å². The molecule has 172 valence electrons. The van der Waals surface area contributed by atoms with Crippen molar-refractivity contribution in [2.45, 2.75) is 38.3 Å². The maximum atomic E-state index is 11.8. The molecular weight excluding hydrogens is 436 g/mol. The fourth-order valence-corrected chi connectivity index (χ4v) is 6.03. The number of carboxylic acid groups (broad SMARTS) is 1. The molecule has 1 saturated carbocycles. The van der Waals surface area contributed by atoms with Gasteiger partial charge >= 0.3 is 6.09 Å². The highest BCUT2D eigenvalue weighted by Gasteiger charge is 2.50. The number of carbonyl (C=O) groups is 1. The van der Waals surface area contributed by atoms with Crippen molar-refractivity contribution in [3.8, 4) is 22.6 Å². The van der Waals surface area contributed by atoms with Crippen LogP contribution in [-0.2, 0) is 6.42 Å². The van der Waals surface area contributed by atoms with Gasteiger partial charge in [0.25, 0.3) is 0 Å². The molecule has 6 nitrogen and oxygen atoms in total. The molecule has 1 saturated heterocycles. The normalized spacial score (nSPS) is 24.0. The summed E-state index contributed by atoms with van der Waals surface area (Å²) >= 11 is 1.59. The summed E-state index contributed by atoms with van der Waals surface area (Å²) < 4.78 is 12.0. The predicted octanol–water partition coefficient (Wildman–Crippen LogP) is 5.59. The summed E-state index contributed by atoms with van der Waals surface area (Å²) in [6, 6.07) is 16.3. The first kappa shape index (κ1) is 21.8. The lowest BCUT2D eigenvalue weighted by Crippen LogP contribution is -2.39. The average Bonchev–Trinajstić information content (AvgIpc) is 3.53. The quantitative estimate of drug-likeness (QED) is 0.494. The summed E-state index contributed by atoms with van der Waals surface area (Å²) in [5.74, 6) is 2.38. The predicted molar refractivity (Wildman–Crippen MR) is 128 cm³/mol. The van der Waals surface area contributed by atoms with Crippen LogP contribution in [0, 0.1) is 11.8 Å². The van der Waals surface area contributed by atoms with Crippen LogP contribution in [0.5, 0.6) is 11.5 Å². The number of amides is 1. The molecule has 1 aliphatic heterocycles. The van der Waals surface area contributed by atoms with Crippen molar-refractivity contribution in [2.24, 2.45) is 11.8 Å². The Balaban J connectivity index is 1.27. The molecule has 2 aromatic carbocycles. The first-order chi connectivity index (χ1) is 16.1. The number of hydrogen-bond donors (Lipinski definition) is 1. The molecule has 1 unspecified atom stereocenters. The minimum absolute atomic E-state index is 0.0255. The van der Waals surface area contributed by atoms with Gasteiger partial charge in [-0.05, 0) is 67.0 Å². The zero-order valence-electron chi connectivity index (χ0n) is 18.6. The fourth-order valence-electron chi connectivity index (χ4n) is 5.37. The topological polar surface area (TPSA) is 71.9 Å². The minimum Gasteiger partial charge on any atom is -0.494 e. The summed E-state index contributed by atoms with van der Waals surface area (Å²) in [5, 5.41) is 12.7. The molecule has 2 heterocycles. The molecular formula is C26H28N2O4S. The van der Waals surface area contributed by atoms with E-state index in [0.717, 1.165) is 40.5 Å². The Morgan fingerprint density at radius 2 is 2.00 bits per heavy atom. The molecule has 2 aliphatic rings. The Kier molecular flexibility index (Phi) is 6.22. The van der Waals surface area contributed by atoms with Gasteiger partial charge in [0.2, 0.25) is 0 Å². The summed E-state index contributed by atoms with van der Waals surface area (Å²) in [6.07, 6.45) is 3.51. The van der Waals surface area contributed by atoms with Gasteiger partial charge in [0.1, 0.15) is 11.5 Å². The molecule has 1 N–H and O–H groups in total. The summed E-state index contributed by atoms with van der Waals surface area (Å²) in [5.41, 5.74) is 2.22. The molecule has 1 aliphatic carbocycles. The molecule has 0 radical (unpaired) electrons. The number of ether oxygens (including phenoxy) is 2. The standard InChI is InChI=1S/C26H28N2O4S/c1-2-31-20-8-6-17(7-9-20)18-4-3-5-21(12-18)32-22-13-19-16-28(26(29)30)24(23(19)14-22)15-25-27-10-11-33-25/h3-12,19,22-24H,2,13-16H2,1H3,(H,29,30)/t19-,22+,23-,24?/m0/s1. The number of likely N-dealkylation sites (tertiary alicyclic amines) is 1. The number of fused-ring (bicyclic) bond motifs is 1. The second-order valence-electron chi connectivity index (χ2n) is 8.75. The van der Waals surface area contributed by atoms with E-state index in [1.165, 1.54) is 0 Å². The lowest BCUT2D eigenvalue weighted by atomic mass is 9.92. The Morgan fingerprint density at radius 3 is 2.73 bits per heavy atom. The first-order valence-corrected chi connectivity index (χ1v) is 12.4. The first-order valence-electron chi connectivity index (χ1n) is 11.5. The molecule has 4 atom stereocenters. The van der Waals surface area contributed by atoms with E-state index in [-0.39, 0.29) is 12.1 Å². The van der Waals surface area contributed by atoms with E-state index in [2.05, 4.69) is 29.2 Å². The van der Waals surface area contributed by atoms with Gasteiger partial charge in [-0.15, -0.1) is 11.3 Å². The Labute approximate surface area is 197 Å². The summed E-state index contributed by atoms with van der Waals surface area (Å²) in [6.45, 7) is 3.22. The monoisotopic (exact) mass is 464 g/mol. The van der Waals surface area contributed by atoms with Gasteiger partial charge < -0.3 is 19.5 Å². The molecule has 0 spiro atoms. The number of rotatable bonds is 7. The van der Waals surface area contributed by atoms with Crippen LogP contribution in [0.15, 0.2) is 60.1 Å². The number of benzene rings is 2. The molecule has 1 amide bonds. The maximum Gasteiger partial charge on any atom is 0.407 e. The zero-order valence-corrected chi connectivity index (χ0v) is 19.4. The van der Waals surface area contributed by atoms with Crippen LogP contribution >= 0.6 is 11.3 Å². The molecule has 2 fully saturated rings. The second kappa shape index (κ2) is 9.43. The molecule has 1 aromatic heterocycles. The number of thiazole rings is 1. The number of hydrogen-bond acceptors (Lipinski definition) is 5. The smallest absolute Gasteiger partial charge is 0.407 e. The zero-order chi connectivity index (χ0) is 22.8. The van der Waals surface area contributed by atoms with Gasteiger partial charge in [0.05, 0.1) is 17.7 Å². The van der Waals surface area contributed by atoms with E-state index in [1.807, 2.05) is 36.6 Å². The van der Waals surface area contributed by atoms with Crippen LogP contribution in [0.3, 0.4) is 0 Å². The van der Waals surface area contributed by atoms with Gasteiger partial charge in [0, 0.05) is 30.6 Å². The largest absolute Gasteiger partial charge is 0.494 e. The summed E-state index contributed by atoms with van der Waals surface area (Å²) in [7, 11) is 0. The third-order valence-electron chi connectivity index (χ3n) is 6.78. The SMILES string of the molecule is CCOc1ccc(-c2cccc(O[C@@H]3C[C@H]4CN(C(=O)O)C(Cc5nccs5)[C@H]4C3)c2)cc1. The summed E-state index contributed by atoms with van der Waals surface area (Å²) in [4.78, 5) is 17.9. The Hall–Kier alpha value is -3.06. The van der Waals surface area contributed by atoms with Crippen molar-refractivity contribution in [2.75, 3.05) is 13.2 Å². The van der Waals surface area contributed by atoms with Crippen molar-refractivity contribution in [1.82, 2.24) is 9.88 Å². The second-order valence-corrected chi connectivity index (χ2v) is 9.73.